The van der Waals surface area contributed by atoms with Crippen LogP contribution in [0, 0.1) is 0 Å². The zero-order chi connectivity index (χ0) is 14.5. The molecule has 0 atom stereocenters. The van der Waals surface area contributed by atoms with E-state index < -0.39 is 0 Å². The van der Waals surface area contributed by atoms with Crippen molar-refractivity contribution in [1.29, 1.82) is 0 Å². The van der Waals surface area contributed by atoms with Crippen molar-refractivity contribution in [3.8, 4) is 11.3 Å². The van der Waals surface area contributed by atoms with Crippen molar-refractivity contribution in [3.05, 3.63) is 18.2 Å². The molecule has 2 aromatic heterocycles. The highest BCUT2D eigenvalue weighted by Gasteiger charge is 2.34. The number of hydrogen-bond acceptors (Lipinski definition) is 3. The molecule has 3 rings (SSSR count). The highest BCUT2D eigenvalue weighted by molar-refractivity contribution is 5.70. The molecule has 0 unspecified atom stereocenters. The lowest BCUT2D eigenvalue weighted by Gasteiger charge is -2.20. The fourth-order valence-corrected chi connectivity index (χ4v) is 2.55. The highest BCUT2D eigenvalue weighted by atomic mass is 15.3. The monoisotopic (exact) mass is 273 g/mol. The van der Waals surface area contributed by atoms with E-state index in [0.29, 0.717) is 6.04 Å². The smallest absolute Gasteiger partial charge is 0.132 e. The molecule has 2 heterocycles. The predicted octanol–water partition coefficient (Wildman–Crippen LogP) is 2.98. The summed E-state index contributed by atoms with van der Waals surface area (Å²) in [4.78, 5) is 4.84. The van der Waals surface area contributed by atoms with E-state index >= 15 is 0 Å². The minimum atomic E-state index is -0.00426. The van der Waals surface area contributed by atoms with E-state index in [0.717, 1.165) is 29.4 Å². The summed E-state index contributed by atoms with van der Waals surface area (Å²) in [6, 6.07) is 0.534. The van der Waals surface area contributed by atoms with Gasteiger partial charge in [0.05, 0.1) is 6.20 Å². The zero-order valence-corrected chi connectivity index (χ0v) is 12.7. The summed E-state index contributed by atoms with van der Waals surface area (Å²) in [6.45, 7) is 9.49. The molecule has 108 valence electrons. The third-order valence-electron chi connectivity index (χ3n) is 3.76. The Hall–Kier alpha value is -1.78. The molecule has 1 aliphatic carbocycles. The molecule has 0 spiro atoms. The number of anilines is 1. The van der Waals surface area contributed by atoms with Gasteiger partial charge in [-0.3, -0.25) is 4.68 Å². The fourth-order valence-electron chi connectivity index (χ4n) is 2.55. The van der Waals surface area contributed by atoms with Gasteiger partial charge in [-0.2, -0.15) is 5.10 Å². The molecule has 0 aliphatic heterocycles. The van der Waals surface area contributed by atoms with E-state index in [4.69, 9.17) is 10.7 Å². The lowest BCUT2D eigenvalue weighted by atomic mass is 9.95. The Morgan fingerprint density at radius 2 is 2.05 bits per heavy atom. The first kappa shape index (κ1) is 13.2. The van der Waals surface area contributed by atoms with Gasteiger partial charge in [-0.1, -0.05) is 20.8 Å². The summed E-state index contributed by atoms with van der Waals surface area (Å²) in [5.74, 6) is 1.87. The molecule has 0 aromatic carbocycles. The standard InChI is InChI=1S/C15H23N5/c1-5-19-9-10(8-17-19)12-13(16)20(11-6-7-11)14(18-12)15(2,3)4/h8-9,11H,5-7,16H2,1-4H3. The molecule has 1 fully saturated rings. The van der Waals surface area contributed by atoms with Crippen LogP contribution in [0.15, 0.2) is 12.4 Å². The van der Waals surface area contributed by atoms with Gasteiger partial charge in [-0.15, -0.1) is 0 Å². The number of aryl methyl sites for hydroxylation is 1. The maximum atomic E-state index is 6.39. The SMILES string of the molecule is CCn1cc(-c2nc(C(C)(C)C)n(C3CC3)c2N)cn1. The first-order valence-corrected chi connectivity index (χ1v) is 7.32. The molecule has 0 amide bonds. The van der Waals surface area contributed by atoms with Crippen LogP contribution in [0.1, 0.15) is 52.4 Å². The summed E-state index contributed by atoms with van der Waals surface area (Å²) < 4.78 is 4.14. The van der Waals surface area contributed by atoms with Crippen LogP contribution in [-0.2, 0) is 12.0 Å². The number of rotatable bonds is 3. The van der Waals surface area contributed by atoms with Crippen LogP contribution < -0.4 is 5.73 Å². The fraction of sp³-hybridized carbons (Fsp3) is 0.600. The molecule has 5 nitrogen and oxygen atoms in total. The van der Waals surface area contributed by atoms with Gasteiger partial charge in [-0.05, 0) is 19.8 Å². The van der Waals surface area contributed by atoms with Gasteiger partial charge >= 0.3 is 0 Å². The lowest BCUT2D eigenvalue weighted by Crippen LogP contribution is -2.19. The Bertz CT molecular complexity index is 625. The van der Waals surface area contributed by atoms with Gasteiger partial charge in [0.1, 0.15) is 17.3 Å². The minimum Gasteiger partial charge on any atom is -0.383 e. The van der Waals surface area contributed by atoms with Gasteiger partial charge in [0.2, 0.25) is 0 Å². The second-order valence-corrected chi connectivity index (χ2v) is 6.61. The van der Waals surface area contributed by atoms with Crippen LogP contribution >= 0.6 is 0 Å². The van der Waals surface area contributed by atoms with E-state index in [-0.39, 0.29) is 5.41 Å². The summed E-state index contributed by atoms with van der Waals surface area (Å²) >= 11 is 0. The van der Waals surface area contributed by atoms with E-state index in [2.05, 4.69) is 37.4 Å². The maximum absolute atomic E-state index is 6.39. The Labute approximate surface area is 119 Å². The van der Waals surface area contributed by atoms with E-state index in [9.17, 15) is 0 Å². The minimum absolute atomic E-state index is 0.00426. The molecule has 1 saturated carbocycles. The van der Waals surface area contributed by atoms with Gasteiger partial charge in [0, 0.05) is 29.8 Å². The first-order valence-electron chi connectivity index (χ1n) is 7.32. The van der Waals surface area contributed by atoms with Crippen molar-refractivity contribution in [2.45, 2.75) is 58.5 Å². The summed E-state index contributed by atoms with van der Waals surface area (Å²) in [6.07, 6.45) is 6.28. The zero-order valence-electron chi connectivity index (χ0n) is 12.7. The maximum Gasteiger partial charge on any atom is 0.132 e. The van der Waals surface area contributed by atoms with Crippen LogP contribution in [-0.4, -0.2) is 19.3 Å². The normalized spacial score (nSPS) is 15.8. The molecule has 5 heteroatoms. The van der Waals surface area contributed by atoms with Crippen molar-refractivity contribution in [2.75, 3.05) is 5.73 Å². The molecular formula is C15H23N5. The van der Waals surface area contributed by atoms with Crippen LogP contribution in [0.2, 0.25) is 0 Å². The third-order valence-corrected chi connectivity index (χ3v) is 3.76. The summed E-state index contributed by atoms with van der Waals surface area (Å²) in [5, 5.41) is 4.33. The van der Waals surface area contributed by atoms with Crippen LogP contribution in [0.25, 0.3) is 11.3 Å². The van der Waals surface area contributed by atoms with E-state index in [1.165, 1.54) is 12.8 Å². The van der Waals surface area contributed by atoms with Crippen molar-refractivity contribution in [2.24, 2.45) is 0 Å². The number of hydrogen-bond donors (Lipinski definition) is 1. The molecular weight excluding hydrogens is 250 g/mol. The second-order valence-electron chi connectivity index (χ2n) is 6.61. The van der Waals surface area contributed by atoms with Crippen molar-refractivity contribution >= 4 is 5.82 Å². The Morgan fingerprint density at radius 3 is 2.55 bits per heavy atom. The molecule has 2 aromatic rings. The van der Waals surface area contributed by atoms with Crippen molar-refractivity contribution in [3.63, 3.8) is 0 Å². The third kappa shape index (κ3) is 2.11. The highest BCUT2D eigenvalue weighted by Crippen LogP contribution is 2.43. The van der Waals surface area contributed by atoms with Crippen LogP contribution in [0.4, 0.5) is 5.82 Å². The number of imidazole rings is 1. The van der Waals surface area contributed by atoms with Crippen molar-refractivity contribution in [1.82, 2.24) is 19.3 Å². The van der Waals surface area contributed by atoms with Crippen LogP contribution in [0.5, 0.6) is 0 Å². The first-order chi connectivity index (χ1) is 9.41. The van der Waals surface area contributed by atoms with Gasteiger partial charge in [0.25, 0.3) is 0 Å². The second kappa shape index (κ2) is 4.36. The number of nitrogens with zero attached hydrogens (tertiary/aromatic N) is 4. The topological polar surface area (TPSA) is 61.7 Å². The largest absolute Gasteiger partial charge is 0.383 e. The molecule has 2 N–H and O–H groups in total. The van der Waals surface area contributed by atoms with Crippen LogP contribution in [0.3, 0.4) is 0 Å². The number of aromatic nitrogens is 4. The number of nitrogens with two attached hydrogens (primary N) is 1. The summed E-state index contributed by atoms with van der Waals surface area (Å²) in [5.41, 5.74) is 8.27. The number of nitrogen functional groups attached to an aromatic ring is 1. The quantitative estimate of drug-likeness (QED) is 0.935. The summed E-state index contributed by atoms with van der Waals surface area (Å²) in [7, 11) is 0. The molecule has 1 aliphatic rings. The molecule has 0 bridgehead atoms. The Morgan fingerprint density at radius 1 is 1.35 bits per heavy atom. The van der Waals surface area contributed by atoms with Crippen molar-refractivity contribution < 1.29 is 0 Å². The van der Waals surface area contributed by atoms with Gasteiger partial charge in [-0.25, -0.2) is 4.98 Å². The average molecular weight is 273 g/mol. The van der Waals surface area contributed by atoms with E-state index in [1.807, 2.05) is 17.1 Å². The van der Waals surface area contributed by atoms with Gasteiger partial charge < -0.3 is 10.3 Å². The predicted molar refractivity (Wildman–Crippen MR) is 80.5 cm³/mol. The average Bonchev–Trinajstić information content (AvgIpc) is 2.98. The molecule has 20 heavy (non-hydrogen) atoms. The molecule has 0 saturated heterocycles. The molecule has 0 radical (unpaired) electrons. The Kier molecular flexibility index (Phi) is 2.88. The lowest BCUT2D eigenvalue weighted by molar-refractivity contribution is 0.504. The Balaban J connectivity index is 2.12. The van der Waals surface area contributed by atoms with Gasteiger partial charge in [0.15, 0.2) is 0 Å². The van der Waals surface area contributed by atoms with E-state index in [1.54, 1.807) is 0 Å².